The van der Waals surface area contributed by atoms with Gasteiger partial charge in [-0.3, -0.25) is 9.59 Å². The highest BCUT2D eigenvalue weighted by molar-refractivity contribution is 6.36. The Morgan fingerprint density at radius 2 is 1.90 bits per heavy atom. The number of nitrogens with one attached hydrogen (secondary N) is 1. The van der Waals surface area contributed by atoms with E-state index in [1.807, 2.05) is 6.92 Å². The molecule has 3 fully saturated rings. The van der Waals surface area contributed by atoms with Gasteiger partial charge in [-0.15, -0.1) is 0 Å². The number of ketones is 2. The van der Waals surface area contributed by atoms with Crippen molar-refractivity contribution in [2.45, 2.75) is 37.8 Å². The van der Waals surface area contributed by atoms with E-state index in [0.717, 1.165) is 25.3 Å². The number of hydrogen-bond donors (Lipinski definition) is 1. The molecule has 166 valence electrons. The topological polar surface area (TPSA) is 77.1 Å². The van der Waals surface area contributed by atoms with Crippen molar-refractivity contribution in [3.05, 3.63) is 28.4 Å². The van der Waals surface area contributed by atoms with E-state index in [4.69, 9.17) is 25.8 Å². The third-order valence-electron chi connectivity index (χ3n) is 7.34. The number of methoxy groups -OCH3 is 2. The van der Waals surface area contributed by atoms with Crippen LogP contribution in [0.15, 0.2) is 17.8 Å². The molecule has 0 saturated carbocycles. The highest BCUT2D eigenvalue weighted by atomic mass is 35.5. The number of benzene rings is 1. The molecule has 3 saturated heterocycles. The molecular weight excluding hydrogens is 420 g/mol. The maximum absolute atomic E-state index is 13.5. The molecule has 1 aliphatic carbocycles. The van der Waals surface area contributed by atoms with Crippen LogP contribution < -0.4 is 19.5 Å². The first kappa shape index (κ1) is 20.6. The second-order valence-electron chi connectivity index (χ2n) is 8.99. The van der Waals surface area contributed by atoms with Crippen LogP contribution in [0.5, 0.6) is 17.2 Å². The quantitative estimate of drug-likeness (QED) is 0.712. The van der Waals surface area contributed by atoms with Crippen molar-refractivity contribution in [1.29, 1.82) is 0 Å². The molecule has 3 atom stereocenters. The van der Waals surface area contributed by atoms with Gasteiger partial charge in [0.05, 0.1) is 14.2 Å². The number of allylic oxidation sites excluding steroid dienone is 1. The lowest BCUT2D eigenvalue weighted by Crippen LogP contribution is -2.58. The van der Waals surface area contributed by atoms with Crippen molar-refractivity contribution in [2.24, 2.45) is 11.8 Å². The van der Waals surface area contributed by atoms with E-state index in [1.54, 1.807) is 12.1 Å². The van der Waals surface area contributed by atoms with E-state index < -0.39 is 11.4 Å². The Labute approximate surface area is 186 Å². The molecule has 7 nitrogen and oxygen atoms in total. The maximum atomic E-state index is 13.5. The average molecular weight is 447 g/mol. The molecule has 5 aliphatic rings. The molecule has 2 bridgehead atoms. The molecule has 6 rings (SSSR count). The predicted octanol–water partition coefficient (Wildman–Crippen LogP) is 2.85. The van der Waals surface area contributed by atoms with Gasteiger partial charge in [-0.05, 0) is 38.3 Å². The van der Waals surface area contributed by atoms with Crippen LogP contribution in [0, 0.1) is 11.8 Å². The third kappa shape index (κ3) is 2.97. The third-order valence-corrected chi connectivity index (χ3v) is 7.69. The zero-order valence-electron chi connectivity index (χ0n) is 18.0. The number of Topliss-reactive ketones (excluding diaryl/α,β-unsaturated/α-hetero) is 1. The average Bonchev–Trinajstić information content (AvgIpc) is 3.09. The molecule has 0 aromatic heterocycles. The Balaban J connectivity index is 1.46. The van der Waals surface area contributed by atoms with Crippen LogP contribution in [0.3, 0.4) is 0 Å². The van der Waals surface area contributed by atoms with E-state index in [0.29, 0.717) is 29.9 Å². The van der Waals surface area contributed by atoms with Crippen molar-refractivity contribution >= 4 is 23.2 Å². The van der Waals surface area contributed by atoms with E-state index in [2.05, 4.69) is 10.2 Å². The minimum atomic E-state index is -1.62. The Hall–Kier alpha value is -2.25. The molecule has 1 spiro atoms. The number of carbonyl (C=O) groups is 2. The van der Waals surface area contributed by atoms with Crippen molar-refractivity contribution in [2.75, 3.05) is 33.9 Å². The molecule has 4 heterocycles. The van der Waals surface area contributed by atoms with Gasteiger partial charge in [-0.1, -0.05) is 18.5 Å². The summed E-state index contributed by atoms with van der Waals surface area (Å²) in [6.07, 6.45) is 4.48. The van der Waals surface area contributed by atoms with Crippen LogP contribution in [0.2, 0.25) is 5.02 Å². The molecule has 4 aliphatic heterocycles. The number of nitrogens with zero attached hydrogens (tertiary/aromatic N) is 1. The molecule has 1 N–H and O–H groups in total. The first-order chi connectivity index (χ1) is 14.9. The van der Waals surface area contributed by atoms with Crippen molar-refractivity contribution in [3.8, 4) is 17.2 Å². The minimum absolute atomic E-state index is 0.158. The summed E-state index contributed by atoms with van der Waals surface area (Å²) < 4.78 is 16.8. The summed E-state index contributed by atoms with van der Waals surface area (Å²) in [4.78, 5) is 29.4. The lowest BCUT2D eigenvalue weighted by Gasteiger charge is -2.46. The van der Waals surface area contributed by atoms with Crippen LogP contribution in [-0.4, -0.2) is 62.0 Å². The molecule has 0 amide bonds. The summed E-state index contributed by atoms with van der Waals surface area (Å²) in [6.45, 7) is 5.20. The van der Waals surface area contributed by atoms with Gasteiger partial charge in [0.1, 0.15) is 22.1 Å². The Morgan fingerprint density at radius 3 is 2.48 bits per heavy atom. The highest BCUT2D eigenvalue weighted by Crippen LogP contribution is 2.53. The van der Waals surface area contributed by atoms with E-state index in [9.17, 15) is 9.59 Å². The fourth-order valence-electron chi connectivity index (χ4n) is 5.60. The van der Waals surface area contributed by atoms with Crippen LogP contribution in [0.25, 0.3) is 0 Å². The Bertz CT molecular complexity index is 985. The molecule has 0 unspecified atom stereocenters. The van der Waals surface area contributed by atoms with Crippen LogP contribution in [0.4, 0.5) is 0 Å². The lowest BCUT2D eigenvalue weighted by atomic mass is 9.74. The minimum Gasteiger partial charge on any atom is -0.496 e. The van der Waals surface area contributed by atoms with Crippen molar-refractivity contribution in [1.82, 2.24) is 10.2 Å². The zero-order valence-corrected chi connectivity index (χ0v) is 18.8. The lowest BCUT2D eigenvalue weighted by molar-refractivity contribution is -0.129. The molecule has 31 heavy (non-hydrogen) atoms. The number of ether oxygens (including phenoxy) is 3. The predicted molar refractivity (Wildman–Crippen MR) is 115 cm³/mol. The summed E-state index contributed by atoms with van der Waals surface area (Å²) in [5.74, 6) is 0.297. The molecular formula is C23H27ClN2O5. The Kier molecular flexibility index (Phi) is 4.94. The fraction of sp³-hybridized carbons (Fsp3) is 0.565. The fourth-order valence-corrected chi connectivity index (χ4v) is 5.86. The van der Waals surface area contributed by atoms with Crippen molar-refractivity contribution < 1.29 is 23.8 Å². The van der Waals surface area contributed by atoms with Crippen LogP contribution in [0.1, 0.15) is 36.5 Å². The molecule has 0 radical (unpaired) electrons. The zero-order chi connectivity index (χ0) is 21.9. The SMILES string of the molecule is COc1cc(OC)c2c(c1Cl)O[C@@]1(C(=O)C=C(N[C@H]3CN4CCC3CC4)C[C@H]1C)C2=O. The van der Waals surface area contributed by atoms with Gasteiger partial charge in [0, 0.05) is 36.3 Å². The van der Waals surface area contributed by atoms with E-state index in [1.165, 1.54) is 27.1 Å². The van der Waals surface area contributed by atoms with Gasteiger partial charge in [0.15, 0.2) is 5.75 Å². The van der Waals surface area contributed by atoms with Crippen LogP contribution >= 0.6 is 11.6 Å². The first-order valence-electron chi connectivity index (χ1n) is 10.8. The van der Waals surface area contributed by atoms with Gasteiger partial charge in [0.25, 0.3) is 0 Å². The summed E-state index contributed by atoms with van der Waals surface area (Å²) in [6, 6.07) is 1.90. The molecule has 1 aromatic rings. The highest BCUT2D eigenvalue weighted by Gasteiger charge is 2.60. The standard InChI is InChI=1S/C23H27ClN2O5/c1-12-8-14(25-15-11-26-6-4-13(15)5-7-26)9-18(27)23(12)22(28)19-16(29-2)10-17(30-3)20(24)21(19)31-23/h9-10,12-13,15,25H,4-8,11H2,1-3H3/t12-,15+,23+/m1/s1. The molecule has 8 heteroatoms. The van der Waals surface area contributed by atoms with Gasteiger partial charge in [0.2, 0.25) is 17.2 Å². The largest absolute Gasteiger partial charge is 0.496 e. The number of rotatable bonds is 4. The first-order valence-corrected chi connectivity index (χ1v) is 11.2. The summed E-state index contributed by atoms with van der Waals surface area (Å²) in [5.41, 5.74) is -0.535. The number of carbonyl (C=O) groups excluding carboxylic acids is 2. The van der Waals surface area contributed by atoms with Gasteiger partial charge < -0.3 is 24.4 Å². The Morgan fingerprint density at radius 1 is 1.19 bits per heavy atom. The monoisotopic (exact) mass is 446 g/mol. The smallest absolute Gasteiger partial charge is 0.236 e. The summed E-state index contributed by atoms with van der Waals surface area (Å²) in [5, 5.41) is 3.78. The van der Waals surface area contributed by atoms with Gasteiger partial charge in [-0.2, -0.15) is 0 Å². The number of piperidine rings is 3. The maximum Gasteiger partial charge on any atom is 0.236 e. The molecule has 1 aromatic carbocycles. The van der Waals surface area contributed by atoms with Gasteiger partial charge in [-0.25, -0.2) is 0 Å². The second-order valence-corrected chi connectivity index (χ2v) is 9.37. The number of hydrogen-bond acceptors (Lipinski definition) is 7. The number of halogens is 1. The van der Waals surface area contributed by atoms with Gasteiger partial charge >= 0.3 is 0 Å². The van der Waals surface area contributed by atoms with E-state index >= 15 is 0 Å². The second kappa shape index (κ2) is 7.41. The van der Waals surface area contributed by atoms with Crippen LogP contribution in [-0.2, 0) is 4.79 Å². The number of fused-ring (bicyclic) bond motifs is 4. The van der Waals surface area contributed by atoms with E-state index in [-0.39, 0.29) is 28.0 Å². The summed E-state index contributed by atoms with van der Waals surface area (Å²) >= 11 is 6.44. The van der Waals surface area contributed by atoms with Crippen molar-refractivity contribution in [3.63, 3.8) is 0 Å². The normalized spacial score (nSPS) is 33.7. The summed E-state index contributed by atoms with van der Waals surface area (Å²) in [7, 11) is 2.94.